The Morgan fingerprint density at radius 1 is 1.64 bits per heavy atom. The zero-order valence-corrected chi connectivity index (χ0v) is 9.77. The van der Waals surface area contributed by atoms with Gasteiger partial charge in [0.15, 0.2) is 0 Å². The summed E-state index contributed by atoms with van der Waals surface area (Å²) in [7, 11) is 0. The van der Waals surface area contributed by atoms with E-state index in [2.05, 4.69) is 6.92 Å². The molecule has 0 saturated carbocycles. The van der Waals surface area contributed by atoms with E-state index in [0.29, 0.717) is 6.54 Å². The molecular weight excluding hydrogens is 218 g/mol. The molecule has 1 amide bonds. The van der Waals surface area contributed by atoms with E-state index in [1.54, 1.807) is 16.2 Å². The predicted octanol–water partition coefficient (Wildman–Crippen LogP) is 3.71. The van der Waals surface area contributed by atoms with E-state index in [4.69, 9.17) is 11.6 Å². The van der Waals surface area contributed by atoms with Crippen LogP contribution in [0.25, 0.3) is 0 Å². The molecule has 4 heteroatoms. The molecule has 2 nitrogen and oxygen atoms in total. The molecule has 0 aliphatic rings. The summed E-state index contributed by atoms with van der Waals surface area (Å²) in [6, 6.07) is 4.00. The average molecular weight is 232 g/mol. The molecule has 0 aliphatic carbocycles. The van der Waals surface area contributed by atoms with Gasteiger partial charge >= 0.3 is 5.37 Å². The minimum Gasteiger partial charge on any atom is -0.324 e. The second-order valence-corrected chi connectivity index (χ2v) is 4.46. The maximum atomic E-state index is 11.1. The van der Waals surface area contributed by atoms with Gasteiger partial charge in [-0.3, -0.25) is 4.79 Å². The lowest BCUT2D eigenvalue weighted by atomic mass is 10.3. The second kappa shape index (κ2) is 6.04. The van der Waals surface area contributed by atoms with Gasteiger partial charge in [-0.15, -0.1) is 11.3 Å². The third-order valence-corrected chi connectivity index (χ3v) is 3.06. The lowest BCUT2D eigenvalue weighted by Gasteiger charge is -2.18. The number of hydrogen-bond acceptors (Lipinski definition) is 2. The van der Waals surface area contributed by atoms with Crippen LogP contribution >= 0.6 is 22.9 Å². The molecule has 0 bridgehead atoms. The number of unbranched alkanes of at least 4 members (excludes halogenated alkanes) is 1. The van der Waals surface area contributed by atoms with Crippen LogP contribution in [0, 0.1) is 0 Å². The van der Waals surface area contributed by atoms with Gasteiger partial charge in [0.25, 0.3) is 0 Å². The van der Waals surface area contributed by atoms with Crippen molar-refractivity contribution >= 4 is 28.3 Å². The topological polar surface area (TPSA) is 20.3 Å². The Morgan fingerprint density at radius 3 is 2.93 bits per heavy atom. The fourth-order valence-corrected chi connectivity index (χ4v) is 2.03. The molecule has 78 valence electrons. The van der Waals surface area contributed by atoms with Crippen molar-refractivity contribution < 1.29 is 4.79 Å². The lowest BCUT2D eigenvalue weighted by molar-refractivity contribution is 0.219. The highest BCUT2D eigenvalue weighted by molar-refractivity contribution is 7.09. The van der Waals surface area contributed by atoms with Crippen LogP contribution in [0.1, 0.15) is 24.6 Å². The average Bonchev–Trinajstić information content (AvgIpc) is 2.64. The molecule has 1 heterocycles. The minimum absolute atomic E-state index is 0.355. The molecule has 0 spiro atoms. The standard InChI is InChI=1S/C10H14ClNOS/c1-2-3-6-12(10(11)13)8-9-5-4-7-14-9/h4-5,7H,2-3,6,8H2,1H3. The van der Waals surface area contributed by atoms with E-state index in [1.807, 2.05) is 17.5 Å². The Labute approximate surface area is 93.5 Å². The zero-order chi connectivity index (χ0) is 10.4. The van der Waals surface area contributed by atoms with Gasteiger partial charge in [0.2, 0.25) is 0 Å². The number of thiophene rings is 1. The SMILES string of the molecule is CCCCN(Cc1cccs1)C(=O)Cl. The van der Waals surface area contributed by atoms with Crippen molar-refractivity contribution in [2.24, 2.45) is 0 Å². The van der Waals surface area contributed by atoms with Gasteiger partial charge < -0.3 is 4.90 Å². The number of carbonyl (C=O) groups excluding carboxylic acids is 1. The molecule has 0 atom stereocenters. The van der Waals surface area contributed by atoms with Crippen LogP contribution in [0.5, 0.6) is 0 Å². The fourth-order valence-electron chi connectivity index (χ4n) is 1.17. The molecule has 1 aromatic heterocycles. The van der Waals surface area contributed by atoms with Crippen LogP contribution in [-0.2, 0) is 6.54 Å². The zero-order valence-electron chi connectivity index (χ0n) is 8.20. The Bertz CT molecular complexity index is 274. The summed E-state index contributed by atoms with van der Waals surface area (Å²) in [6.45, 7) is 3.48. The monoisotopic (exact) mass is 231 g/mol. The van der Waals surface area contributed by atoms with Crippen molar-refractivity contribution in [1.29, 1.82) is 0 Å². The molecule has 0 N–H and O–H groups in total. The van der Waals surface area contributed by atoms with Crippen LogP contribution in [0.2, 0.25) is 0 Å². The Hall–Kier alpha value is -0.540. The summed E-state index contributed by atoms with van der Waals surface area (Å²) in [5.74, 6) is 0. The van der Waals surface area contributed by atoms with E-state index in [1.165, 1.54) is 4.88 Å². The quantitative estimate of drug-likeness (QED) is 0.559. The molecule has 0 saturated heterocycles. The van der Waals surface area contributed by atoms with Crippen LogP contribution < -0.4 is 0 Å². The molecule has 1 rings (SSSR count). The van der Waals surface area contributed by atoms with Crippen molar-refractivity contribution in [1.82, 2.24) is 4.90 Å². The van der Waals surface area contributed by atoms with Crippen LogP contribution in [0.4, 0.5) is 4.79 Å². The Balaban J connectivity index is 2.47. The first-order valence-corrected chi connectivity index (χ1v) is 5.96. The number of amides is 1. The van der Waals surface area contributed by atoms with Crippen LogP contribution in [-0.4, -0.2) is 16.8 Å². The van der Waals surface area contributed by atoms with Crippen molar-refractivity contribution in [3.05, 3.63) is 22.4 Å². The first-order valence-electron chi connectivity index (χ1n) is 4.70. The number of halogens is 1. The number of hydrogen-bond donors (Lipinski definition) is 0. The summed E-state index contributed by atoms with van der Waals surface area (Å²) >= 11 is 7.14. The second-order valence-electron chi connectivity index (χ2n) is 3.11. The van der Waals surface area contributed by atoms with Gasteiger partial charge in [-0.1, -0.05) is 19.4 Å². The lowest BCUT2D eigenvalue weighted by Crippen LogP contribution is -2.26. The summed E-state index contributed by atoms with van der Waals surface area (Å²) in [5.41, 5.74) is 0. The van der Waals surface area contributed by atoms with Gasteiger partial charge in [0, 0.05) is 11.4 Å². The maximum Gasteiger partial charge on any atom is 0.316 e. The van der Waals surface area contributed by atoms with Gasteiger partial charge in [0.05, 0.1) is 6.54 Å². The molecule has 0 radical (unpaired) electrons. The van der Waals surface area contributed by atoms with Crippen molar-refractivity contribution in [2.45, 2.75) is 26.3 Å². The normalized spacial score (nSPS) is 10.1. The van der Waals surface area contributed by atoms with E-state index in [0.717, 1.165) is 19.4 Å². The number of rotatable bonds is 5. The van der Waals surface area contributed by atoms with Crippen molar-refractivity contribution in [2.75, 3.05) is 6.54 Å². The smallest absolute Gasteiger partial charge is 0.316 e. The molecular formula is C10H14ClNOS. The van der Waals surface area contributed by atoms with E-state index in [9.17, 15) is 4.79 Å². The molecule has 14 heavy (non-hydrogen) atoms. The number of nitrogens with zero attached hydrogens (tertiary/aromatic N) is 1. The molecule has 0 fully saturated rings. The van der Waals surface area contributed by atoms with Gasteiger partial charge in [-0.05, 0) is 29.5 Å². The molecule has 1 aromatic rings. The van der Waals surface area contributed by atoms with E-state index in [-0.39, 0.29) is 5.37 Å². The van der Waals surface area contributed by atoms with Gasteiger partial charge in [-0.25, -0.2) is 0 Å². The number of carbonyl (C=O) groups is 1. The molecule has 0 unspecified atom stereocenters. The maximum absolute atomic E-state index is 11.1. The molecule has 0 aromatic carbocycles. The summed E-state index contributed by atoms with van der Waals surface area (Å²) in [6.07, 6.45) is 2.08. The first kappa shape index (κ1) is 11.5. The highest BCUT2D eigenvalue weighted by Crippen LogP contribution is 2.13. The largest absolute Gasteiger partial charge is 0.324 e. The van der Waals surface area contributed by atoms with Crippen LogP contribution in [0.3, 0.4) is 0 Å². The van der Waals surface area contributed by atoms with Gasteiger partial charge in [-0.2, -0.15) is 0 Å². The highest BCUT2D eigenvalue weighted by atomic mass is 35.5. The predicted molar refractivity (Wildman–Crippen MR) is 60.9 cm³/mol. The van der Waals surface area contributed by atoms with Crippen molar-refractivity contribution in [3.8, 4) is 0 Å². The summed E-state index contributed by atoms with van der Waals surface area (Å²) in [4.78, 5) is 13.9. The summed E-state index contributed by atoms with van der Waals surface area (Å²) in [5, 5.41) is 1.65. The Morgan fingerprint density at radius 2 is 2.43 bits per heavy atom. The van der Waals surface area contributed by atoms with Gasteiger partial charge in [0.1, 0.15) is 0 Å². The highest BCUT2D eigenvalue weighted by Gasteiger charge is 2.10. The third kappa shape index (κ3) is 3.68. The minimum atomic E-state index is -0.355. The first-order chi connectivity index (χ1) is 6.74. The van der Waals surface area contributed by atoms with Crippen molar-refractivity contribution in [3.63, 3.8) is 0 Å². The third-order valence-electron chi connectivity index (χ3n) is 1.96. The van der Waals surface area contributed by atoms with Crippen LogP contribution in [0.15, 0.2) is 17.5 Å². The van der Waals surface area contributed by atoms with E-state index < -0.39 is 0 Å². The summed E-state index contributed by atoms with van der Waals surface area (Å²) < 4.78 is 0. The molecule has 0 aliphatic heterocycles. The van der Waals surface area contributed by atoms with E-state index >= 15 is 0 Å². The Kier molecular flexibility index (Phi) is 4.98. The fraction of sp³-hybridized carbons (Fsp3) is 0.500.